The SMILES string of the molecule is CC1=CC(=O)CC(C)(C)[C@H]1CCO[C@@H]1O[C@H](CO)[C@@H](O)[C@H](O)[C@H]1O. The molecule has 0 saturated carbocycles. The smallest absolute Gasteiger partial charge is 0.186 e. The van der Waals surface area contributed by atoms with Crippen molar-refractivity contribution in [2.45, 2.75) is 64.3 Å². The van der Waals surface area contributed by atoms with E-state index in [2.05, 4.69) is 0 Å². The normalized spacial score (nSPS) is 39.6. The van der Waals surface area contributed by atoms with Gasteiger partial charge in [0.05, 0.1) is 13.2 Å². The zero-order valence-electron chi connectivity index (χ0n) is 14.4. The van der Waals surface area contributed by atoms with Crippen molar-refractivity contribution in [1.82, 2.24) is 0 Å². The molecule has 4 N–H and O–H groups in total. The Bertz CT molecular complexity index is 485. The summed E-state index contributed by atoms with van der Waals surface area (Å²) in [6.07, 6.45) is -3.52. The van der Waals surface area contributed by atoms with Gasteiger partial charge in [-0.1, -0.05) is 19.4 Å². The van der Waals surface area contributed by atoms with Gasteiger partial charge in [-0.3, -0.25) is 4.79 Å². The second-order valence-corrected chi connectivity index (χ2v) is 7.43. The van der Waals surface area contributed by atoms with Crippen molar-refractivity contribution in [3.8, 4) is 0 Å². The molecule has 0 unspecified atom stereocenters. The summed E-state index contributed by atoms with van der Waals surface area (Å²) in [6.45, 7) is 5.79. The van der Waals surface area contributed by atoms with Crippen LogP contribution in [0.3, 0.4) is 0 Å². The Hall–Kier alpha value is -0.830. The van der Waals surface area contributed by atoms with Crippen LogP contribution in [-0.4, -0.2) is 70.1 Å². The van der Waals surface area contributed by atoms with E-state index in [1.165, 1.54) is 0 Å². The number of ketones is 1. The van der Waals surface area contributed by atoms with Gasteiger partial charge in [-0.25, -0.2) is 0 Å². The number of rotatable bonds is 5. The number of allylic oxidation sites excluding steroid dienone is 2. The van der Waals surface area contributed by atoms with E-state index in [9.17, 15) is 20.1 Å². The topological polar surface area (TPSA) is 116 Å². The van der Waals surface area contributed by atoms with Crippen molar-refractivity contribution in [2.24, 2.45) is 11.3 Å². The highest BCUT2D eigenvalue weighted by Crippen LogP contribution is 2.41. The van der Waals surface area contributed by atoms with Gasteiger partial charge in [-0.2, -0.15) is 0 Å². The molecule has 0 aromatic carbocycles. The van der Waals surface area contributed by atoms with Crippen LogP contribution in [0.5, 0.6) is 0 Å². The Labute approximate surface area is 141 Å². The van der Waals surface area contributed by atoms with Gasteiger partial charge in [0.1, 0.15) is 24.4 Å². The predicted molar refractivity (Wildman–Crippen MR) is 85.0 cm³/mol. The molecule has 1 aliphatic heterocycles. The van der Waals surface area contributed by atoms with Crippen LogP contribution in [0.1, 0.15) is 33.6 Å². The van der Waals surface area contributed by atoms with Crippen LogP contribution < -0.4 is 0 Å². The van der Waals surface area contributed by atoms with Crippen LogP contribution in [0.25, 0.3) is 0 Å². The van der Waals surface area contributed by atoms with E-state index in [-0.39, 0.29) is 23.7 Å². The zero-order valence-corrected chi connectivity index (χ0v) is 14.4. The average molecular weight is 344 g/mol. The molecule has 1 aliphatic carbocycles. The second kappa shape index (κ2) is 7.59. The predicted octanol–water partition coefficient (Wildman–Crippen LogP) is -0.246. The summed E-state index contributed by atoms with van der Waals surface area (Å²) >= 11 is 0. The number of ether oxygens (including phenoxy) is 2. The highest BCUT2D eigenvalue weighted by molar-refractivity contribution is 5.91. The lowest BCUT2D eigenvalue weighted by Crippen LogP contribution is -2.59. The molecule has 7 heteroatoms. The van der Waals surface area contributed by atoms with Crippen molar-refractivity contribution in [3.63, 3.8) is 0 Å². The van der Waals surface area contributed by atoms with E-state index in [0.29, 0.717) is 12.8 Å². The molecule has 0 aromatic rings. The highest BCUT2D eigenvalue weighted by Gasteiger charge is 2.44. The van der Waals surface area contributed by atoms with Gasteiger partial charge < -0.3 is 29.9 Å². The van der Waals surface area contributed by atoms with Gasteiger partial charge >= 0.3 is 0 Å². The molecular weight excluding hydrogens is 316 g/mol. The highest BCUT2D eigenvalue weighted by atomic mass is 16.7. The molecule has 1 saturated heterocycles. The van der Waals surface area contributed by atoms with Crippen molar-refractivity contribution < 1.29 is 34.7 Å². The second-order valence-electron chi connectivity index (χ2n) is 7.43. The lowest BCUT2D eigenvalue weighted by molar-refractivity contribution is -0.301. The molecule has 2 aliphatic rings. The first-order valence-corrected chi connectivity index (χ1v) is 8.30. The first kappa shape index (κ1) is 19.5. The summed E-state index contributed by atoms with van der Waals surface area (Å²) in [5.41, 5.74) is 0.836. The fourth-order valence-electron chi connectivity index (χ4n) is 3.72. The van der Waals surface area contributed by atoms with Crippen molar-refractivity contribution in [2.75, 3.05) is 13.2 Å². The van der Waals surface area contributed by atoms with Crippen LogP contribution in [0.4, 0.5) is 0 Å². The van der Waals surface area contributed by atoms with E-state index in [0.717, 1.165) is 5.57 Å². The molecule has 24 heavy (non-hydrogen) atoms. The van der Waals surface area contributed by atoms with E-state index in [1.807, 2.05) is 20.8 Å². The third-order valence-electron chi connectivity index (χ3n) is 5.05. The minimum absolute atomic E-state index is 0.128. The third-order valence-corrected chi connectivity index (χ3v) is 5.05. The number of aliphatic hydroxyl groups excluding tert-OH is 4. The van der Waals surface area contributed by atoms with Gasteiger partial charge in [0.15, 0.2) is 12.1 Å². The Kier molecular flexibility index (Phi) is 6.17. The van der Waals surface area contributed by atoms with Gasteiger partial charge in [0, 0.05) is 6.42 Å². The van der Waals surface area contributed by atoms with Gasteiger partial charge in [-0.15, -0.1) is 0 Å². The van der Waals surface area contributed by atoms with Gasteiger partial charge in [0.2, 0.25) is 0 Å². The number of carbonyl (C=O) groups excluding carboxylic acids is 1. The number of carbonyl (C=O) groups is 1. The minimum Gasteiger partial charge on any atom is -0.394 e. The first-order chi connectivity index (χ1) is 11.2. The maximum absolute atomic E-state index is 11.7. The van der Waals surface area contributed by atoms with Crippen molar-refractivity contribution in [1.29, 1.82) is 0 Å². The minimum atomic E-state index is -1.44. The number of aliphatic hydroxyl groups is 4. The molecule has 0 bridgehead atoms. The fourth-order valence-corrected chi connectivity index (χ4v) is 3.72. The van der Waals surface area contributed by atoms with E-state index in [4.69, 9.17) is 14.6 Å². The van der Waals surface area contributed by atoms with Gasteiger partial charge in [0.25, 0.3) is 0 Å². The van der Waals surface area contributed by atoms with Crippen LogP contribution in [0.2, 0.25) is 0 Å². The third kappa shape index (κ3) is 4.04. The molecule has 138 valence electrons. The van der Waals surface area contributed by atoms with Crippen LogP contribution in [0.15, 0.2) is 11.6 Å². The summed E-state index contributed by atoms with van der Waals surface area (Å²) < 4.78 is 10.9. The maximum atomic E-state index is 11.7. The lowest BCUT2D eigenvalue weighted by Gasteiger charge is -2.41. The Balaban J connectivity index is 1.93. The molecule has 0 aromatic heterocycles. The number of hydrogen-bond acceptors (Lipinski definition) is 7. The molecule has 0 radical (unpaired) electrons. The monoisotopic (exact) mass is 344 g/mol. The summed E-state index contributed by atoms with van der Waals surface area (Å²) in [5.74, 6) is 0.295. The van der Waals surface area contributed by atoms with Crippen molar-refractivity contribution >= 4 is 5.78 Å². The quantitative estimate of drug-likeness (QED) is 0.543. The Morgan fingerprint density at radius 3 is 2.50 bits per heavy atom. The molecule has 7 nitrogen and oxygen atoms in total. The maximum Gasteiger partial charge on any atom is 0.186 e. The molecule has 2 rings (SSSR count). The van der Waals surface area contributed by atoms with Crippen LogP contribution >= 0.6 is 0 Å². The summed E-state index contributed by atoms with van der Waals surface area (Å²) in [5, 5.41) is 38.6. The largest absolute Gasteiger partial charge is 0.394 e. The molecule has 0 amide bonds. The Morgan fingerprint density at radius 2 is 1.92 bits per heavy atom. The molecule has 1 fully saturated rings. The van der Waals surface area contributed by atoms with E-state index < -0.39 is 37.3 Å². The summed E-state index contributed by atoms with van der Waals surface area (Å²) in [4.78, 5) is 11.7. The molecule has 0 spiro atoms. The molecule has 1 heterocycles. The summed E-state index contributed by atoms with van der Waals surface area (Å²) in [7, 11) is 0. The first-order valence-electron chi connectivity index (χ1n) is 8.30. The van der Waals surface area contributed by atoms with Crippen molar-refractivity contribution in [3.05, 3.63) is 11.6 Å². The standard InChI is InChI=1S/C17H28O7/c1-9-6-10(19)7-17(2,3)11(9)4-5-23-16-15(22)14(21)13(20)12(8-18)24-16/h6,11-16,18,20-22H,4-5,7-8H2,1-3H3/t11-,12+,13+,14-,15+,16+/m0/s1. The molecule has 6 atom stereocenters. The number of hydrogen-bond donors (Lipinski definition) is 4. The summed E-state index contributed by atoms with van der Waals surface area (Å²) in [6, 6.07) is 0. The molecular formula is C17H28O7. The van der Waals surface area contributed by atoms with Crippen LogP contribution in [-0.2, 0) is 14.3 Å². The van der Waals surface area contributed by atoms with E-state index >= 15 is 0 Å². The fraction of sp³-hybridized carbons (Fsp3) is 0.824. The lowest BCUT2D eigenvalue weighted by atomic mass is 9.67. The zero-order chi connectivity index (χ0) is 18.1. The van der Waals surface area contributed by atoms with Gasteiger partial charge in [-0.05, 0) is 30.8 Å². The average Bonchev–Trinajstić information content (AvgIpc) is 2.48. The van der Waals surface area contributed by atoms with E-state index in [1.54, 1.807) is 6.08 Å². The van der Waals surface area contributed by atoms with Crippen LogP contribution in [0, 0.1) is 11.3 Å². The Morgan fingerprint density at radius 1 is 1.25 bits per heavy atom.